The van der Waals surface area contributed by atoms with Gasteiger partial charge in [-0.3, -0.25) is 4.79 Å². The molecule has 58 heavy (non-hydrogen) atoms. The molecule has 2 fully saturated rings. The van der Waals surface area contributed by atoms with Crippen LogP contribution in [0.15, 0.2) is 103 Å². The molecule has 1 atom stereocenters. The van der Waals surface area contributed by atoms with E-state index >= 15 is 4.39 Å². The Labute approximate surface area is 337 Å². The van der Waals surface area contributed by atoms with Crippen LogP contribution in [0, 0.1) is 28.5 Å². The molecule has 7 rings (SSSR count). The number of rotatable bonds is 13. The molecule has 2 saturated heterocycles. The summed E-state index contributed by atoms with van der Waals surface area (Å²) in [6.07, 6.45) is 8.73. The molecule has 0 aliphatic carbocycles. The van der Waals surface area contributed by atoms with Gasteiger partial charge in [-0.2, -0.15) is 10.5 Å². The zero-order chi connectivity index (χ0) is 40.3. The fraction of sp³-hybridized carbons (Fsp3) is 0.261. The molecule has 1 unspecified atom stereocenters. The zero-order valence-electron chi connectivity index (χ0n) is 32.1. The maximum atomic E-state index is 15.2. The number of hydrogen-bond acceptors (Lipinski definition) is 10. The van der Waals surface area contributed by atoms with Gasteiger partial charge in [0.2, 0.25) is 0 Å². The number of pyridine rings is 1. The van der Waals surface area contributed by atoms with E-state index in [2.05, 4.69) is 21.8 Å². The second-order valence-corrected chi connectivity index (χ2v) is 14.0. The Hall–Kier alpha value is -6.73. The van der Waals surface area contributed by atoms with Crippen LogP contribution in [-0.2, 0) is 21.0 Å². The summed E-state index contributed by atoms with van der Waals surface area (Å²) in [7, 11) is 1.57. The van der Waals surface area contributed by atoms with E-state index in [0.717, 1.165) is 48.9 Å². The molecular formula is C46H43FN6O5. The van der Waals surface area contributed by atoms with E-state index in [1.807, 2.05) is 72.8 Å². The van der Waals surface area contributed by atoms with Gasteiger partial charge in [-0.05, 0) is 90.4 Å². The third kappa shape index (κ3) is 9.61. The molecule has 294 valence electrons. The van der Waals surface area contributed by atoms with Crippen molar-refractivity contribution in [3.05, 3.63) is 131 Å². The van der Waals surface area contributed by atoms with Crippen LogP contribution in [0.1, 0.15) is 54.4 Å². The Morgan fingerprint density at radius 3 is 2.52 bits per heavy atom. The fourth-order valence-electron chi connectivity index (χ4n) is 7.16. The van der Waals surface area contributed by atoms with E-state index in [1.165, 1.54) is 18.2 Å². The number of nitrogens with zero attached hydrogens (tertiary/aromatic N) is 4. The second kappa shape index (κ2) is 18.9. The lowest BCUT2D eigenvalue weighted by atomic mass is 9.91. The second-order valence-electron chi connectivity index (χ2n) is 14.0. The summed E-state index contributed by atoms with van der Waals surface area (Å²) < 4.78 is 32.5. The molecule has 12 heteroatoms. The summed E-state index contributed by atoms with van der Waals surface area (Å²) in [5, 5.41) is 23.8. The van der Waals surface area contributed by atoms with Crippen LogP contribution in [0.25, 0.3) is 28.3 Å². The minimum Gasteiger partial charge on any atom is -0.493 e. The van der Waals surface area contributed by atoms with Gasteiger partial charge < -0.3 is 24.4 Å². The molecule has 4 aromatic carbocycles. The molecule has 2 aliphatic heterocycles. The van der Waals surface area contributed by atoms with Crippen LogP contribution in [0.5, 0.6) is 11.5 Å². The van der Waals surface area contributed by atoms with Crippen molar-refractivity contribution in [3.63, 3.8) is 0 Å². The van der Waals surface area contributed by atoms with E-state index < -0.39 is 12.1 Å². The maximum Gasteiger partial charge on any atom is 0.267 e. The molecular weight excluding hydrogens is 736 g/mol. The zero-order valence-corrected chi connectivity index (χ0v) is 32.1. The molecule has 0 bridgehead atoms. The standard InChI is InChI=1S/C46H43FN6O5/c1-55-41-17-16-33(26-42(41)57-30-32-8-3-2-4-9-32)39-29-50-46(38(28-49)45(39)34-14-15-35(27-48)40(47)25-34)53-21-19-36(20-22-53)51-37-11-7-10-31(24-37)13-18-43(54)52-58-44-12-5-6-23-56-44/h2-4,7-11,13-18,24-26,29,36,44,51H,5-6,12,19-23,30H2,1H3,(H,52,54)/b18-13+. The van der Waals surface area contributed by atoms with E-state index in [9.17, 15) is 15.3 Å². The highest BCUT2D eigenvalue weighted by molar-refractivity contribution is 5.91. The van der Waals surface area contributed by atoms with Gasteiger partial charge in [0.05, 0.1) is 12.7 Å². The first kappa shape index (κ1) is 39.5. The highest BCUT2D eigenvalue weighted by Gasteiger charge is 2.27. The quantitative estimate of drug-likeness (QED) is 0.0882. The number of methoxy groups -OCH3 is 1. The average Bonchev–Trinajstić information content (AvgIpc) is 3.27. The molecule has 0 radical (unpaired) electrons. The Morgan fingerprint density at radius 2 is 1.78 bits per heavy atom. The normalized spacial score (nSPS) is 15.7. The summed E-state index contributed by atoms with van der Waals surface area (Å²) in [6.45, 7) is 2.17. The van der Waals surface area contributed by atoms with Crippen molar-refractivity contribution >= 4 is 23.5 Å². The topological polar surface area (TPSA) is 142 Å². The van der Waals surface area contributed by atoms with Gasteiger partial charge in [0.1, 0.15) is 35.9 Å². The van der Waals surface area contributed by atoms with Crippen LogP contribution in [0.2, 0.25) is 0 Å². The predicted molar refractivity (Wildman–Crippen MR) is 219 cm³/mol. The number of nitrogens with one attached hydrogen (secondary N) is 2. The third-order valence-corrected chi connectivity index (χ3v) is 10.2. The van der Waals surface area contributed by atoms with Crippen molar-refractivity contribution in [3.8, 4) is 45.9 Å². The number of piperidine rings is 1. The van der Waals surface area contributed by atoms with Crippen LogP contribution in [0.3, 0.4) is 0 Å². The largest absolute Gasteiger partial charge is 0.493 e. The summed E-state index contributed by atoms with van der Waals surface area (Å²) in [6, 6.07) is 31.9. The number of hydroxylamine groups is 1. The van der Waals surface area contributed by atoms with E-state index in [-0.39, 0.29) is 17.5 Å². The monoisotopic (exact) mass is 778 g/mol. The Morgan fingerprint density at radius 1 is 0.948 bits per heavy atom. The fourth-order valence-corrected chi connectivity index (χ4v) is 7.16. The highest BCUT2D eigenvalue weighted by atomic mass is 19.1. The maximum absolute atomic E-state index is 15.2. The molecule has 1 aromatic heterocycles. The number of amides is 1. The molecule has 5 aromatic rings. The number of carbonyl (C=O) groups excluding carboxylic acids is 1. The summed E-state index contributed by atoms with van der Waals surface area (Å²) in [4.78, 5) is 24.6. The lowest BCUT2D eigenvalue weighted by Gasteiger charge is -2.34. The average molecular weight is 779 g/mol. The van der Waals surface area contributed by atoms with Crippen molar-refractivity contribution < 1.29 is 28.2 Å². The molecule has 1 amide bonds. The highest BCUT2D eigenvalue weighted by Crippen LogP contribution is 2.42. The van der Waals surface area contributed by atoms with Crippen molar-refractivity contribution in [1.82, 2.24) is 10.5 Å². The van der Waals surface area contributed by atoms with Gasteiger partial charge in [0.15, 0.2) is 17.8 Å². The Balaban J connectivity index is 1.09. The first-order chi connectivity index (χ1) is 28.4. The van der Waals surface area contributed by atoms with Crippen molar-refractivity contribution in [2.24, 2.45) is 0 Å². The third-order valence-electron chi connectivity index (χ3n) is 10.2. The smallest absolute Gasteiger partial charge is 0.267 e. The Bertz CT molecular complexity index is 2340. The van der Waals surface area contributed by atoms with E-state index in [0.29, 0.717) is 71.4 Å². The number of aromatic nitrogens is 1. The SMILES string of the molecule is COc1ccc(-c2cnc(N3CCC(Nc4cccc(/C=C/C(=O)NOC5CCCCO5)c4)CC3)c(C#N)c2-c2ccc(C#N)c(F)c2)cc1OCc1ccccc1. The van der Waals surface area contributed by atoms with E-state index in [1.54, 1.807) is 31.5 Å². The van der Waals surface area contributed by atoms with Gasteiger partial charge in [-0.1, -0.05) is 54.6 Å². The number of nitriles is 2. The number of ether oxygens (including phenoxy) is 3. The van der Waals surface area contributed by atoms with Crippen molar-refractivity contribution in [1.29, 1.82) is 10.5 Å². The molecule has 3 heterocycles. The number of anilines is 2. The summed E-state index contributed by atoms with van der Waals surface area (Å²) in [5.41, 5.74) is 7.67. The first-order valence-electron chi connectivity index (χ1n) is 19.3. The number of carbonyl (C=O) groups is 1. The van der Waals surface area contributed by atoms with Crippen LogP contribution in [-0.4, -0.2) is 50.0 Å². The van der Waals surface area contributed by atoms with Gasteiger partial charge in [-0.15, -0.1) is 0 Å². The van der Waals surface area contributed by atoms with Gasteiger partial charge in [0, 0.05) is 61.2 Å². The summed E-state index contributed by atoms with van der Waals surface area (Å²) in [5.74, 6) is 0.493. The lowest BCUT2D eigenvalue weighted by molar-refractivity contribution is -0.198. The van der Waals surface area contributed by atoms with Crippen LogP contribution >= 0.6 is 0 Å². The molecule has 2 aliphatic rings. The summed E-state index contributed by atoms with van der Waals surface area (Å²) >= 11 is 0. The minimum atomic E-state index is -0.677. The molecule has 11 nitrogen and oxygen atoms in total. The van der Waals surface area contributed by atoms with E-state index in [4.69, 9.17) is 24.0 Å². The van der Waals surface area contributed by atoms with Crippen LogP contribution < -0.4 is 25.2 Å². The van der Waals surface area contributed by atoms with Gasteiger partial charge in [0.25, 0.3) is 5.91 Å². The predicted octanol–water partition coefficient (Wildman–Crippen LogP) is 8.55. The number of benzene rings is 4. The van der Waals surface area contributed by atoms with Gasteiger partial charge in [-0.25, -0.2) is 19.7 Å². The molecule has 2 N–H and O–H groups in total. The minimum absolute atomic E-state index is 0.0873. The lowest BCUT2D eigenvalue weighted by Crippen LogP contribution is -2.40. The van der Waals surface area contributed by atoms with Gasteiger partial charge >= 0.3 is 0 Å². The molecule has 0 spiro atoms. The van der Waals surface area contributed by atoms with Crippen LogP contribution in [0.4, 0.5) is 15.9 Å². The van der Waals surface area contributed by atoms with Crippen molar-refractivity contribution in [2.75, 3.05) is 37.0 Å². The van der Waals surface area contributed by atoms with Crippen molar-refractivity contribution in [2.45, 2.75) is 51.0 Å². The first-order valence-corrected chi connectivity index (χ1v) is 19.3. The number of hydrogen-bond donors (Lipinski definition) is 2. The number of halogens is 1. The molecule has 0 saturated carbocycles. The Kier molecular flexibility index (Phi) is 12.9.